The molecule has 1 saturated heterocycles. The van der Waals surface area contributed by atoms with E-state index in [2.05, 4.69) is 0 Å². The molecule has 2 aliphatic heterocycles. The molecule has 152 valence electrons. The van der Waals surface area contributed by atoms with Crippen LogP contribution in [0.25, 0.3) is 0 Å². The molecule has 0 bridgehead atoms. The molecule has 1 aromatic carbocycles. The number of carbonyl (C=O) groups is 3. The molecular weight excluding hydrogens is 388 g/mol. The van der Waals surface area contributed by atoms with Crippen molar-refractivity contribution in [3.8, 4) is 11.5 Å². The standard InChI is InChI=1S/C19H22O8S/c1-9-3-2-4-13-16(19(26,8-28-13)18(24)25)17(23)15-10(6-14(22)27-9)5-11(20)7-12(15)21/h5,7,9,13,16,20-21,26H,2-4,6,8H2,1H3,(H,24,25)/t9-,13+,16-,19-/m0/s1. The Morgan fingerprint density at radius 1 is 1.25 bits per heavy atom. The molecule has 0 spiro atoms. The fraction of sp³-hybridized carbons (Fsp3) is 0.526. The van der Waals surface area contributed by atoms with Crippen LogP contribution in [0.1, 0.15) is 42.1 Å². The number of carbonyl (C=O) groups excluding carboxylic acids is 2. The second-order valence-electron chi connectivity index (χ2n) is 7.33. The van der Waals surface area contributed by atoms with Crippen molar-refractivity contribution in [3.05, 3.63) is 23.3 Å². The van der Waals surface area contributed by atoms with E-state index in [-0.39, 0.29) is 35.2 Å². The maximum atomic E-state index is 13.3. The highest BCUT2D eigenvalue weighted by Gasteiger charge is 2.57. The molecule has 3 rings (SSSR count). The molecule has 0 aromatic heterocycles. The minimum Gasteiger partial charge on any atom is -0.508 e. The molecule has 2 heterocycles. The van der Waals surface area contributed by atoms with Gasteiger partial charge in [-0.1, -0.05) is 0 Å². The lowest BCUT2D eigenvalue weighted by atomic mass is 9.78. The molecular formula is C19H22O8S. The van der Waals surface area contributed by atoms with E-state index in [1.54, 1.807) is 6.92 Å². The van der Waals surface area contributed by atoms with Crippen molar-refractivity contribution in [2.24, 2.45) is 5.92 Å². The second-order valence-corrected chi connectivity index (χ2v) is 8.56. The Bertz CT molecular complexity index is 822. The quantitative estimate of drug-likeness (QED) is 0.507. The first kappa shape index (κ1) is 20.5. The van der Waals surface area contributed by atoms with Gasteiger partial charge >= 0.3 is 11.9 Å². The van der Waals surface area contributed by atoms with Crippen LogP contribution in [0.2, 0.25) is 0 Å². The van der Waals surface area contributed by atoms with Gasteiger partial charge in [0.05, 0.1) is 24.0 Å². The third kappa shape index (κ3) is 3.68. The molecule has 0 amide bonds. The highest BCUT2D eigenvalue weighted by atomic mass is 32.2. The van der Waals surface area contributed by atoms with Gasteiger partial charge in [0.25, 0.3) is 0 Å². The summed E-state index contributed by atoms with van der Waals surface area (Å²) in [6, 6.07) is 2.12. The molecule has 28 heavy (non-hydrogen) atoms. The normalized spacial score (nSPS) is 31.1. The predicted octanol–water partition coefficient (Wildman–Crippen LogP) is 1.49. The first-order valence-corrected chi connectivity index (χ1v) is 10.0. The summed E-state index contributed by atoms with van der Waals surface area (Å²) in [6.07, 6.45) is 0.823. The van der Waals surface area contributed by atoms with Gasteiger partial charge < -0.3 is 25.2 Å². The van der Waals surface area contributed by atoms with Gasteiger partial charge in [0.15, 0.2) is 11.4 Å². The number of carboxylic acid groups (broad SMARTS) is 1. The Labute approximate surface area is 165 Å². The Morgan fingerprint density at radius 2 is 1.96 bits per heavy atom. The zero-order valence-corrected chi connectivity index (χ0v) is 16.1. The number of Topliss-reactive ketones (excluding diaryl/α,β-unsaturated/α-hetero) is 1. The molecule has 8 nitrogen and oxygen atoms in total. The van der Waals surface area contributed by atoms with E-state index in [4.69, 9.17) is 4.74 Å². The fourth-order valence-corrected chi connectivity index (χ4v) is 5.54. The number of ether oxygens (including phenoxy) is 1. The molecule has 9 heteroatoms. The number of hydrogen-bond acceptors (Lipinski definition) is 8. The number of ketones is 1. The van der Waals surface area contributed by atoms with Crippen LogP contribution >= 0.6 is 11.8 Å². The summed E-state index contributed by atoms with van der Waals surface area (Å²) in [6.45, 7) is 1.74. The molecule has 0 aliphatic carbocycles. The Balaban J connectivity index is 2.14. The van der Waals surface area contributed by atoms with Crippen LogP contribution in [0, 0.1) is 5.92 Å². The summed E-state index contributed by atoms with van der Waals surface area (Å²) >= 11 is 1.21. The minimum atomic E-state index is -2.27. The number of rotatable bonds is 1. The second kappa shape index (κ2) is 7.63. The summed E-state index contributed by atoms with van der Waals surface area (Å²) in [5.74, 6) is -5.23. The number of hydrogen-bond donors (Lipinski definition) is 4. The molecule has 4 N–H and O–H groups in total. The number of phenolic OH excluding ortho intramolecular Hbond substituents is 2. The third-order valence-corrected chi connectivity index (χ3v) is 6.80. The predicted molar refractivity (Wildman–Crippen MR) is 99.5 cm³/mol. The van der Waals surface area contributed by atoms with Gasteiger partial charge in [-0.3, -0.25) is 9.59 Å². The number of carboxylic acids is 1. The van der Waals surface area contributed by atoms with E-state index in [0.29, 0.717) is 19.3 Å². The van der Waals surface area contributed by atoms with Gasteiger partial charge in [0, 0.05) is 17.1 Å². The maximum Gasteiger partial charge on any atom is 0.337 e. The van der Waals surface area contributed by atoms with Crippen LogP contribution in [0.3, 0.4) is 0 Å². The topological polar surface area (TPSA) is 141 Å². The molecule has 4 atom stereocenters. The highest BCUT2D eigenvalue weighted by molar-refractivity contribution is 8.00. The van der Waals surface area contributed by atoms with Crippen LogP contribution in [-0.4, -0.2) is 60.9 Å². The lowest BCUT2D eigenvalue weighted by molar-refractivity contribution is -0.159. The number of fused-ring (bicyclic) bond motifs is 2. The largest absolute Gasteiger partial charge is 0.508 e. The molecule has 0 unspecified atom stereocenters. The number of aliphatic carboxylic acids is 1. The van der Waals surface area contributed by atoms with Gasteiger partial charge in [0.1, 0.15) is 11.5 Å². The van der Waals surface area contributed by atoms with Crippen molar-refractivity contribution in [3.63, 3.8) is 0 Å². The van der Waals surface area contributed by atoms with Crippen molar-refractivity contribution in [2.45, 2.75) is 49.6 Å². The Kier molecular flexibility index (Phi) is 5.58. The van der Waals surface area contributed by atoms with Gasteiger partial charge in [-0.05, 0) is 37.8 Å². The van der Waals surface area contributed by atoms with Crippen LogP contribution in [0.5, 0.6) is 11.5 Å². The summed E-state index contributed by atoms with van der Waals surface area (Å²) < 4.78 is 5.32. The average Bonchev–Trinajstić information content (AvgIpc) is 2.91. The minimum absolute atomic E-state index is 0.0312. The van der Waals surface area contributed by atoms with Crippen LogP contribution < -0.4 is 0 Å². The van der Waals surface area contributed by atoms with Crippen LogP contribution in [0.15, 0.2) is 12.1 Å². The number of thioether (sulfide) groups is 1. The van der Waals surface area contributed by atoms with Crippen molar-refractivity contribution in [1.29, 1.82) is 0 Å². The van der Waals surface area contributed by atoms with E-state index < -0.39 is 40.2 Å². The van der Waals surface area contributed by atoms with Gasteiger partial charge in [0.2, 0.25) is 0 Å². The lowest BCUT2D eigenvalue weighted by Crippen LogP contribution is -2.50. The first-order chi connectivity index (χ1) is 13.1. The Morgan fingerprint density at radius 3 is 2.64 bits per heavy atom. The van der Waals surface area contributed by atoms with Crippen LogP contribution in [0.4, 0.5) is 0 Å². The number of esters is 1. The third-order valence-electron chi connectivity index (χ3n) is 5.25. The van der Waals surface area contributed by atoms with Gasteiger partial charge in [-0.2, -0.15) is 11.8 Å². The molecule has 2 aliphatic rings. The monoisotopic (exact) mass is 410 g/mol. The van der Waals surface area contributed by atoms with E-state index in [1.165, 1.54) is 17.8 Å². The smallest absolute Gasteiger partial charge is 0.337 e. The van der Waals surface area contributed by atoms with E-state index in [0.717, 1.165) is 6.07 Å². The van der Waals surface area contributed by atoms with Gasteiger partial charge in [-0.25, -0.2) is 4.79 Å². The Hall–Kier alpha value is -2.26. The van der Waals surface area contributed by atoms with Crippen molar-refractivity contribution >= 4 is 29.5 Å². The zero-order chi connectivity index (χ0) is 20.6. The SMILES string of the molecule is C[C@H]1CCC[C@H]2SC[C@@](O)(C(=O)O)[C@@H]2C(=O)c2c(O)cc(O)cc2CC(=O)O1. The number of cyclic esters (lactones) is 1. The van der Waals surface area contributed by atoms with Crippen molar-refractivity contribution < 1.29 is 39.5 Å². The van der Waals surface area contributed by atoms with E-state index in [1.807, 2.05) is 0 Å². The number of aromatic hydroxyl groups is 2. The first-order valence-electron chi connectivity index (χ1n) is 8.99. The van der Waals surface area contributed by atoms with Crippen molar-refractivity contribution in [1.82, 2.24) is 0 Å². The lowest BCUT2D eigenvalue weighted by Gasteiger charge is -2.28. The molecule has 1 aromatic rings. The summed E-state index contributed by atoms with van der Waals surface area (Å²) in [5.41, 5.74) is -2.51. The highest BCUT2D eigenvalue weighted by Crippen LogP contribution is 2.46. The zero-order valence-electron chi connectivity index (χ0n) is 15.3. The number of benzene rings is 1. The summed E-state index contributed by atoms with van der Waals surface area (Å²) in [7, 11) is 0. The fourth-order valence-electron chi connectivity index (χ4n) is 3.89. The average molecular weight is 410 g/mol. The summed E-state index contributed by atoms with van der Waals surface area (Å²) in [4.78, 5) is 37.3. The van der Waals surface area contributed by atoms with Gasteiger partial charge in [-0.15, -0.1) is 0 Å². The molecule has 1 fully saturated rings. The van der Waals surface area contributed by atoms with Crippen molar-refractivity contribution in [2.75, 3.05) is 5.75 Å². The molecule has 0 radical (unpaired) electrons. The molecule has 0 saturated carbocycles. The van der Waals surface area contributed by atoms with E-state index >= 15 is 0 Å². The van der Waals surface area contributed by atoms with E-state index in [9.17, 15) is 34.8 Å². The number of aliphatic hydroxyl groups is 1. The maximum absolute atomic E-state index is 13.3. The number of phenols is 2. The summed E-state index contributed by atoms with van der Waals surface area (Å²) in [5, 5.41) is 40.0. The van der Waals surface area contributed by atoms with Crippen LogP contribution in [-0.2, 0) is 20.7 Å².